The monoisotopic (exact) mass is 281 g/mol. The van der Waals surface area contributed by atoms with Gasteiger partial charge in [-0.3, -0.25) is 9.69 Å². The van der Waals surface area contributed by atoms with Crippen LogP contribution >= 0.6 is 0 Å². The summed E-state index contributed by atoms with van der Waals surface area (Å²) in [7, 11) is 3.81. The lowest BCUT2D eigenvalue weighted by Gasteiger charge is -2.41. The third-order valence-corrected chi connectivity index (χ3v) is 4.42. The molecule has 0 saturated heterocycles. The molecule has 0 bridgehead atoms. The Kier molecular flexibility index (Phi) is 4.53. The summed E-state index contributed by atoms with van der Waals surface area (Å²) in [6.07, 6.45) is 4.87. The van der Waals surface area contributed by atoms with Gasteiger partial charge < -0.3 is 0 Å². The van der Waals surface area contributed by atoms with Gasteiger partial charge in [0, 0.05) is 12.5 Å². The zero-order valence-corrected chi connectivity index (χ0v) is 12.1. The van der Waals surface area contributed by atoms with Crippen LogP contribution in [0.5, 0.6) is 0 Å². The molecule has 0 unspecified atom stereocenters. The molecule has 2 rings (SSSR count). The number of carbonyl (C=O) groups is 1. The van der Waals surface area contributed by atoms with Gasteiger partial charge in [0.2, 0.25) is 0 Å². The van der Waals surface area contributed by atoms with Crippen molar-refractivity contribution in [2.24, 2.45) is 0 Å². The molecule has 0 radical (unpaired) electrons. The van der Waals surface area contributed by atoms with Crippen molar-refractivity contribution < 1.29 is 13.6 Å². The van der Waals surface area contributed by atoms with E-state index in [-0.39, 0.29) is 17.8 Å². The van der Waals surface area contributed by atoms with Crippen LogP contribution < -0.4 is 0 Å². The van der Waals surface area contributed by atoms with Crippen molar-refractivity contribution in [3.8, 4) is 0 Å². The molecule has 1 aliphatic rings. The van der Waals surface area contributed by atoms with E-state index < -0.39 is 17.2 Å². The summed E-state index contributed by atoms with van der Waals surface area (Å²) < 4.78 is 26.6. The zero-order valence-electron chi connectivity index (χ0n) is 12.1. The Morgan fingerprint density at radius 2 is 1.85 bits per heavy atom. The Labute approximate surface area is 118 Å². The maximum atomic E-state index is 13.7. The second-order valence-corrected chi connectivity index (χ2v) is 5.82. The number of ketones is 1. The number of Topliss-reactive ketones (excluding diaryl/α,β-unsaturated/α-hetero) is 1. The van der Waals surface area contributed by atoms with Gasteiger partial charge >= 0.3 is 0 Å². The largest absolute Gasteiger partial charge is 0.297 e. The standard InChI is InChI=1S/C16H21F2NO/c1-19(2)16(8-4-3-5-9-16)15(20)10-12-6-7-13(17)11-14(12)18/h6-7,11H,3-5,8-10H2,1-2H3. The van der Waals surface area contributed by atoms with Crippen molar-refractivity contribution in [2.75, 3.05) is 14.1 Å². The van der Waals surface area contributed by atoms with Crippen LogP contribution in [0.2, 0.25) is 0 Å². The molecule has 1 aromatic carbocycles. The highest BCUT2D eigenvalue weighted by Crippen LogP contribution is 2.34. The van der Waals surface area contributed by atoms with E-state index >= 15 is 0 Å². The topological polar surface area (TPSA) is 20.3 Å². The number of benzene rings is 1. The molecule has 4 heteroatoms. The van der Waals surface area contributed by atoms with Crippen molar-refractivity contribution in [3.63, 3.8) is 0 Å². The number of hydrogen-bond donors (Lipinski definition) is 0. The molecule has 0 N–H and O–H groups in total. The van der Waals surface area contributed by atoms with Crippen LogP contribution in [-0.2, 0) is 11.2 Å². The van der Waals surface area contributed by atoms with Gasteiger partial charge in [-0.15, -0.1) is 0 Å². The molecule has 0 spiro atoms. The highest BCUT2D eigenvalue weighted by Gasteiger charge is 2.40. The van der Waals surface area contributed by atoms with Gasteiger partial charge in [0.1, 0.15) is 11.6 Å². The van der Waals surface area contributed by atoms with Crippen LogP contribution in [0.4, 0.5) is 8.78 Å². The third kappa shape index (κ3) is 2.90. The highest BCUT2D eigenvalue weighted by molar-refractivity contribution is 5.90. The quantitative estimate of drug-likeness (QED) is 0.843. The summed E-state index contributed by atoms with van der Waals surface area (Å²) in [6.45, 7) is 0. The first kappa shape index (κ1) is 15.1. The summed E-state index contributed by atoms with van der Waals surface area (Å²) in [5, 5.41) is 0. The normalized spacial score (nSPS) is 18.2. The Bertz CT molecular complexity index is 493. The molecule has 1 saturated carbocycles. The van der Waals surface area contributed by atoms with Gasteiger partial charge in [0.05, 0.1) is 5.54 Å². The van der Waals surface area contributed by atoms with Crippen molar-refractivity contribution >= 4 is 5.78 Å². The summed E-state index contributed by atoms with van der Waals surface area (Å²) in [6, 6.07) is 3.41. The average Bonchev–Trinajstić information content (AvgIpc) is 2.42. The lowest BCUT2D eigenvalue weighted by molar-refractivity contribution is -0.131. The van der Waals surface area contributed by atoms with E-state index in [1.54, 1.807) is 0 Å². The van der Waals surface area contributed by atoms with Crippen LogP contribution in [0.1, 0.15) is 37.7 Å². The minimum Gasteiger partial charge on any atom is -0.297 e. The van der Waals surface area contributed by atoms with E-state index in [1.165, 1.54) is 12.1 Å². The first-order valence-corrected chi connectivity index (χ1v) is 7.10. The molecule has 110 valence electrons. The van der Waals surface area contributed by atoms with Crippen LogP contribution in [0, 0.1) is 11.6 Å². The predicted molar refractivity (Wildman–Crippen MR) is 74.6 cm³/mol. The lowest BCUT2D eigenvalue weighted by Crippen LogP contribution is -2.53. The minimum atomic E-state index is -0.636. The molecule has 2 nitrogen and oxygen atoms in total. The highest BCUT2D eigenvalue weighted by atomic mass is 19.1. The van der Waals surface area contributed by atoms with Crippen molar-refractivity contribution in [2.45, 2.75) is 44.1 Å². The molecular formula is C16H21F2NO. The third-order valence-electron chi connectivity index (χ3n) is 4.42. The Morgan fingerprint density at radius 1 is 1.20 bits per heavy atom. The number of rotatable bonds is 4. The summed E-state index contributed by atoms with van der Waals surface area (Å²) in [4.78, 5) is 14.6. The summed E-state index contributed by atoms with van der Waals surface area (Å²) in [5.41, 5.74) is -0.206. The molecule has 0 heterocycles. The lowest BCUT2D eigenvalue weighted by atomic mass is 9.76. The smallest absolute Gasteiger partial charge is 0.157 e. The van der Waals surface area contributed by atoms with Gasteiger partial charge in [-0.2, -0.15) is 0 Å². The van der Waals surface area contributed by atoms with Gasteiger partial charge in [0.15, 0.2) is 5.78 Å². The summed E-state index contributed by atoms with van der Waals surface area (Å²) in [5.74, 6) is -1.21. The van der Waals surface area contributed by atoms with Crippen LogP contribution in [0.15, 0.2) is 18.2 Å². The van der Waals surface area contributed by atoms with E-state index in [0.717, 1.165) is 38.2 Å². The second-order valence-electron chi connectivity index (χ2n) is 5.82. The van der Waals surface area contributed by atoms with Crippen molar-refractivity contribution in [1.82, 2.24) is 4.90 Å². The van der Waals surface area contributed by atoms with Gasteiger partial charge in [-0.05, 0) is 38.6 Å². The number of carbonyl (C=O) groups excluding carboxylic acids is 1. The van der Waals surface area contributed by atoms with Gasteiger partial charge in [-0.1, -0.05) is 25.3 Å². The first-order chi connectivity index (χ1) is 9.45. The van der Waals surface area contributed by atoms with E-state index in [4.69, 9.17) is 0 Å². The molecule has 1 fully saturated rings. The number of hydrogen-bond acceptors (Lipinski definition) is 2. The molecule has 1 aromatic rings. The predicted octanol–water partition coefficient (Wildman–Crippen LogP) is 3.34. The number of halogens is 2. The van der Waals surface area contributed by atoms with E-state index in [2.05, 4.69) is 0 Å². The zero-order chi connectivity index (χ0) is 14.8. The SMILES string of the molecule is CN(C)C1(C(=O)Cc2ccc(F)cc2F)CCCCC1. The Morgan fingerprint density at radius 3 is 2.40 bits per heavy atom. The maximum absolute atomic E-state index is 13.7. The molecular weight excluding hydrogens is 260 g/mol. The second kappa shape index (κ2) is 6.00. The van der Waals surface area contributed by atoms with Crippen LogP contribution in [0.25, 0.3) is 0 Å². The Hall–Kier alpha value is -1.29. The van der Waals surface area contributed by atoms with Crippen LogP contribution in [0.3, 0.4) is 0 Å². The molecule has 0 aromatic heterocycles. The maximum Gasteiger partial charge on any atom is 0.157 e. The van der Waals surface area contributed by atoms with Crippen molar-refractivity contribution in [3.05, 3.63) is 35.4 Å². The fraction of sp³-hybridized carbons (Fsp3) is 0.562. The fourth-order valence-electron chi connectivity index (χ4n) is 3.11. The molecule has 0 aliphatic heterocycles. The minimum absolute atomic E-state index is 0.0320. The molecule has 1 aliphatic carbocycles. The van der Waals surface area contributed by atoms with E-state index in [9.17, 15) is 13.6 Å². The van der Waals surface area contributed by atoms with Crippen molar-refractivity contribution in [1.29, 1.82) is 0 Å². The number of likely N-dealkylation sites (N-methyl/N-ethyl adjacent to an activating group) is 1. The average molecular weight is 281 g/mol. The fourth-order valence-corrected chi connectivity index (χ4v) is 3.11. The molecule has 0 amide bonds. The first-order valence-electron chi connectivity index (χ1n) is 7.10. The number of nitrogens with zero attached hydrogens (tertiary/aromatic N) is 1. The van der Waals surface area contributed by atoms with Crippen LogP contribution in [-0.4, -0.2) is 30.3 Å². The molecule has 20 heavy (non-hydrogen) atoms. The van der Waals surface area contributed by atoms with Gasteiger partial charge in [-0.25, -0.2) is 8.78 Å². The van der Waals surface area contributed by atoms with E-state index in [1.807, 2.05) is 19.0 Å². The molecule has 0 atom stereocenters. The van der Waals surface area contributed by atoms with Gasteiger partial charge in [0.25, 0.3) is 0 Å². The van der Waals surface area contributed by atoms with E-state index in [0.29, 0.717) is 0 Å². The summed E-state index contributed by atoms with van der Waals surface area (Å²) >= 11 is 0. The Balaban J connectivity index is 2.20.